The summed E-state index contributed by atoms with van der Waals surface area (Å²) in [5.74, 6) is 0.873. The van der Waals surface area contributed by atoms with Gasteiger partial charge in [0.25, 0.3) is 0 Å². The van der Waals surface area contributed by atoms with Gasteiger partial charge in [-0.25, -0.2) is 0 Å². The van der Waals surface area contributed by atoms with Gasteiger partial charge >= 0.3 is 0 Å². The van der Waals surface area contributed by atoms with Gasteiger partial charge in [-0.1, -0.05) is 0 Å². The van der Waals surface area contributed by atoms with E-state index in [-0.39, 0.29) is 5.91 Å². The van der Waals surface area contributed by atoms with E-state index in [1.165, 1.54) is 5.56 Å². The minimum Gasteiger partial charge on any atom is -0.341 e. The van der Waals surface area contributed by atoms with Crippen molar-refractivity contribution in [3.63, 3.8) is 0 Å². The third kappa shape index (κ3) is 4.74. The van der Waals surface area contributed by atoms with Crippen LogP contribution < -0.4 is 0 Å². The lowest BCUT2D eigenvalue weighted by Gasteiger charge is -2.21. The number of thioether (sulfide) groups is 1. The molecule has 0 radical (unpaired) electrons. The van der Waals surface area contributed by atoms with Crippen molar-refractivity contribution >= 4 is 17.7 Å². The molecule has 1 aliphatic rings. The molecule has 1 aromatic rings. The number of hydrogen-bond donors (Lipinski definition) is 0. The van der Waals surface area contributed by atoms with Crippen molar-refractivity contribution in [2.45, 2.75) is 32.9 Å². The Labute approximate surface area is 131 Å². The standard InChI is InChI=1S/C15H26N4OS/c1-13(2)19-11-14(9-16-19)10-17-5-4-6-18(8-7-17)15(20)12-21-3/h9,11,13H,4-8,10,12H2,1-3H3. The first-order chi connectivity index (χ1) is 10.1. The van der Waals surface area contributed by atoms with Gasteiger partial charge in [0.05, 0.1) is 11.9 Å². The SMILES string of the molecule is CSCC(=O)N1CCCN(Cc2cnn(C(C)C)c2)CC1. The summed E-state index contributed by atoms with van der Waals surface area (Å²) in [4.78, 5) is 16.4. The maximum absolute atomic E-state index is 12.0. The maximum atomic E-state index is 12.0. The fourth-order valence-corrected chi connectivity index (χ4v) is 3.02. The van der Waals surface area contributed by atoms with E-state index >= 15 is 0 Å². The summed E-state index contributed by atoms with van der Waals surface area (Å²) in [6.07, 6.45) is 7.13. The van der Waals surface area contributed by atoms with Gasteiger partial charge in [0.2, 0.25) is 5.91 Å². The molecular weight excluding hydrogens is 284 g/mol. The molecule has 0 N–H and O–H groups in total. The van der Waals surface area contributed by atoms with Crippen molar-refractivity contribution in [1.29, 1.82) is 0 Å². The fraction of sp³-hybridized carbons (Fsp3) is 0.733. The molecule has 0 unspecified atom stereocenters. The monoisotopic (exact) mass is 310 g/mol. The van der Waals surface area contributed by atoms with Crippen LogP contribution in [-0.2, 0) is 11.3 Å². The summed E-state index contributed by atoms with van der Waals surface area (Å²) in [5, 5.41) is 4.39. The van der Waals surface area contributed by atoms with Crippen LogP contribution in [0.2, 0.25) is 0 Å². The molecule has 1 amide bonds. The highest BCUT2D eigenvalue weighted by molar-refractivity contribution is 7.99. The molecule has 2 heterocycles. The normalized spacial score (nSPS) is 17.2. The van der Waals surface area contributed by atoms with E-state index in [0.717, 1.165) is 39.1 Å². The van der Waals surface area contributed by atoms with Crippen LogP contribution in [-0.4, -0.2) is 63.7 Å². The van der Waals surface area contributed by atoms with Crippen molar-refractivity contribution in [1.82, 2.24) is 19.6 Å². The van der Waals surface area contributed by atoms with E-state index in [1.54, 1.807) is 11.8 Å². The van der Waals surface area contributed by atoms with Gasteiger partial charge < -0.3 is 4.90 Å². The molecule has 118 valence electrons. The van der Waals surface area contributed by atoms with Gasteiger partial charge in [-0.15, -0.1) is 0 Å². The molecule has 1 fully saturated rings. The first-order valence-corrected chi connectivity index (χ1v) is 9.01. The Morgan fingerprint density at radius 3 is 2.81 bits per heavy atom. The second kappa shape index (κ2) is 7.84. The van der Waals surface area contributed by atoms with Crippen LogP contribution in [0, 0.1) is 0 Å². The Hall–Kier alpha value is -1.01. The number of hydrogen-bond acceptors (Lipinski definition) is 4. The lowest BCUT2D eigenvalue weighted by Crippen LogP contribution is -2.36. The largest absolute Gasteiger partial charge is 0.341 e. The van der Waals surface area contributed by atoms with Crippen molar-refractivity contribution in [3.05, 3.63) is 18.0 Å². The zero-order valence-electron chi connectivity index (χ0n) is 13.3. The van der Waals surface area contributed by atoms with Gasteiger partial charge in [0, 0.05) is 50.5 Å². The van der Waals surface area contributed by atoms with Gasteiger partial charge in [-0.05, 0) is 26.5 Å². The summed E-state index contributed by atoms with van der Waals surface area (Å²) in [5.41, 5.74) is 1.26. The van der Waals surface area contributed by atoms with E-state index < -0.39 is 0 Å². The third-order valence-electron chi connectivity index (χ3n) is 3.80. The second-order valence-corrected chi connectivity index (χ2v) is 6.73. The predicted molar refractivity (Wildman–Crippen MR) is 87.5 cm³/mol. The molecule has 0 bridgehead atoms. The van der Waals surface area contributed by atoms with Crippen LogP contribution in [0.3, 0.4) is 0 Å². The maximum Gasteiger partial charge on any atom is 0.232 e. The molecule has 0 atom stereocenters. The van der Waals surface area contributed by atoms with Gasteiger partial charge in [0.1, 0.15) is 0 Å². The summed E-state index contributed by atoms with van der Waals surface area (Å²) in [7, 11) is 0. The van der Waals surface area contributed by atoms with Crippen LogP contribution in [0.4, 0.5) is 0 Å². The molecule has 21 heavy (non-hydrogen) atoms. The average molecular weight is 310 g/mol. The molecule has 5 nitrogen and oxygen atoms in total. The van der Waals surface area contributed by atoms with Crippen LogP contribution in [0.5, 0.6) is 0 Å². The number of rotatable bonds is 5. The van der Waals surface area contributed by atoms with Crippen LogP contribution >= 0.6 is 11.8 Å². The fourth-order valence-electron chi connectivity index (χ4n) is 2.59. The van der Waals surface area contributed by atoms with Crippen LogP contribution in [0.1, 0.15) is 31.9 Å². The second-order valence-electron chi connectivity index (χ2n) is 5.87. The van der Waals surface area contributed by atoms with Gasteiger partial charge in [-0.3, -0.25) is 14.4 Å². The Balaban J connectivity index is 1.86. The van der Waals surface area contributed by atoms with E-state index in [1.807, 2.05) is 22.0 Å². The van der Waals surface area contributed by atoms with Crippen LogP contribution in [0.25, 0.3) is 0 Å². The Kier molecular flexibility index (Phi) is 6.11. The minimum absolute atomic E-state index is 0.275. The van der Waals surface area contributed by atoms with Crippen molar-refractivity contribution in [2.24, 2.45) is 0 Å². The molecule has 0 saturated carbocycles. The molecule has 1 aromatic heterocycles. The zero-order chi connectivity index (χ0) is 15.2. The predicted octanol–water partition coefficient (Wildman–Crippen LogP) is 1.86. The molecule has 0 spiro atoms. The highest BCUT2D eigenvalue weighted by atomic mass is 32.2. The van der Waals surface area contributed by atoms with Crippen LogP contribution in [0.15, 0.2) is 12.4 Å². The molecule has 0 aromatic carbocycles. The molecule has 1 aliphatic heterocycles. The van der Waals surface area contributed by atoms with Crippen molar-refractivity contribution in [2.75, 3.05) is 38.2 Å². The molecule has 0 aliphatic carbocycles. The quantitative estimate of drug-likeness (QED) is 0.832. The van der Waals surface area contributed by atoms with Crippen molar-refractivity contribution < 1.29 is 4.79 Å². The third-order valence-corrected chi connectivity index (χ3v) is 4.33. The number of nitrogens with zero attached hydrogens (tertiary/aromatic N) is 4. The first kappa shape index (κ1) is 16.4. The zero-order valence-corrected chi connectivity index (χ0v) is 14.1. The minimum atomic E-state index is 0.275. The molecular formula is C15H26N4OS. The average Bonchev–Trinajstić information content (AvgIpc) is 2.78. The van der Waals surface area contributed by atoms with E-state index in [0.29, 0.717) is 11.8 Å². The van der Waals surface area contributed by atoms with E-state index in [2.05, 4.69) is 30.0 Å². The molecule has 1 saturated heterocycles. The smallest absolute Gasteiger partial charge is 0.232 e. The summed E-state index contributed by atoms with van der Waals surface area (Å²) in [6.45, 7) is 8.94. The van der Waals surface area contributed by atoms with E-state index in [9.17, 15) is 4.79 Å². The lowest BCUT2D eigenvalue weighted by atomic mass is 10.3. The Morgan fingerprint density at radius 2 is 2.14 bits per heavy atom. The Bertz CT molecular complexity index is 460. The van der Waals surface area contributed by atoms with E-state index in [4.69, 9.17) is 0 Å². The first-order valence-electron chi connectivity index (χ1n) is 7.62. The molecule has 2 rings (SSSR count). The summed E-state index contributed by atoms with van der Waals surface area (Å²) < 4.78 is 2.00. The number of carbonyl (C=O) groups excluding carboxylic acids is 1. The van der Waals surface area contributed by atoms with Gasteiger partial charge in [-0.2, -0.15) is 16.9 Å². The van der Waals surface area contributed by atoms with Crippen molar-refractivity contribution in [3.8, 4) is 0 Å². The number of carbonyl (C=O) groups is 1. The lowest BCUT2D eigenvalue weighted by molar-refractivity contribution is -0.128. The molecule has 6 heteroatoms. The van der Waals surface area contributed by atoms with Gasteiger partial charge in [0.15, 0.2) is 0 Å². The Morgan fingerprint density at radius 1 is 1.33 bits per heavy atom. The number of aromatic nitrogens is 2. The topological polar surface area (TPSA) is 41.4 Å². The highest BCUT2D eigenvalue weighted by Gasteiger charge is 2.19. The number of amides is 1. The summed E-state index contributed by atoms with van der Waals surface area (Å²) >= 11 is 1.60. The summed E-state index contributed by atoms with van der Waals surface area (Å²) in [6, 6.07) is 0.405. The highest BCUT2D eigenvalue weighted by Crippen LogP contribution is 2.11.